The highest BCUT2D eigenvalue weighted by Crippen LogP contribution is 2.11. The summed E-state index contributed by atoms with van der Waals surface area (Å²) >= 11 is 0. The van der Waals surface area contributed by atoms with E-state index >= 15 is 0 Å². The molecule has 1 rings (SSSR count). The maximum Gasteiger partial charge on any atom is 0.0697 e. The monoisotopic (exact) mass is 219 g/mol. The predicted molar refractivity (Wildman–Crippen MR) is 65.8 cm³/mol. The van der Waals surface area contributed by atoms with Crippen LogP contribution in [0.1, 0.15) is 32.8 Å². The Morgan fingerprint density at radius 3 is 2.88 bits per heavy atom. The first-order chi connectivity index (χ1) is 7.57. The van der Waals surface area contributed by atoms with Gasteiger partial charge >= 0.3 is 0 Å². The zero-order valence-corrected chi connectivity index (χ0v) is 10.5. The van der Waals surface area contributed by atoms with Gasteiger partial charge in [0.05, 0.1) is 11.5 Å². The third kappa shape index (κ3) is 4.08. The second-order valence-corrected chi connectivity index (χ2v) is 4.86. The molecule has 1 N–H and O–H groups in total. The van der Waals surface area contributed by atoms with Gasteiger partial charge in [-0.25, -0.2) is 0 Å². The molecule has 16 heavy (non-hydrogen) atoms. The summed E-state index contributed by atoms with van der Waals surface area (Å²) in [6.07, 6.45) is 5.43. The lowest BCUT2D eigenvalue weighted by atomic mass is 9.96. The van der Waals surface area contributed by atoms with Gasteiger partial charge in [-0.15, -0.1) is 0 Å². The number of rotatable bonds is 6. The highest BCUT2D eigenvalue weighted by Gasteiger charge is 2.15. The zero-order chi connectivity index (χ0) is 12.0. The van der Waals surface area contributed by atoms with Gasteiger partial charge in [0.1, 0.15) is 0 Å². The minimum Gasteiger partial charge on any atom is -0.354 e. The average Bonchev–Trinajstić information content (AvgIpc) is 2.66. The predicted octanol–water partition coefficient (Wildman–Crippen LogP) is 2.54. The molecule has 0 unspecified atom stereocenters. The van der Waals surface area contributed by atoms with Gasteiger partial charge in [0.2, 0.25) is 0 Å². The van der Waals surface area contributed by atoms with Crippen molar-refractivity contribution in [2.45, 2.75) is 40.3 Å². The maximum absolute atomic E-state index is 8.87. The second kappa shape index (κ2) is 5.72. The summed E-state index contributed by atoms with van der Waals surface area (Å²) in [7, 11) is 0. The van der Waals surface area contributed by atoms with E-state index < -0.39 is 0 Å². The second-order valence-electron chi connectivity index (χ2n) is 4.86. The number of nitrogens with one attached hydrogen (secondary N) is 1. The molecule has 1 aromatic rings. The van der Waals surface area contributed by atoms with Crippen LogP contribution in [-0.4, -0.2) is 11.1 Å². The van der Waals surface area contributed by atoms with E-state index in [4.69, 9.17) is 5.26 Å². The molecule has 0 radical (unpaired) electrons. The Kier molecular flexibility index (Phi) is 4.57. The van der Waals surface area contributed by atoms with E-state index in [0.29, 0.717) is 0 Å². The third-order valence-electron chi connectivity index (χ3n) is 2.49. The number of nitriles is 1. The van der Waals surface area contributed by atoms with E-state index in [-0.39, 0.29) is 5.41 Å². The van der Waals surface area contributed by atoms with Gasteiger partial charge in [0.15, 0.2) is 0 Å². The van der Waals surface area contributed by atoms with E-state index in [0.717, 1.165) is 26.1 Å². The Balaban J connectivity index is 2.35. The summed E-state index contributed by atoms with van der Waals surface area (Å²) in [5, 5.41) is 12.2. The van der Waals surface area contributed by atoms with Gasteiger partial charge in [0, 0.05) is 32.0 Å². The fraction of sp³-hybridized carbons (Fsp3) is 0.615. The fourth-order valence-corrected chi connectivity index (χ4v) is 1.55. The Hall–Kier alpha value is -1.27. The maximum atomic E-state index is 8.87. The molecular formula is C13H21N3. The molecule has 0 fully saturated rings. The summed E-state index contributed by atoms with van der Waals surface area (Å²) in [6.45, 7) is 8.70. The standard InChI is InChI=1S/C13H21N3/c1-4-6-16-7-5-12(9-16)8-15-11-13(2,3)10-14/h5,7,9,15H,4,6,8,11H2,1-3H3. The van der Waals surface area contributed by atoms with Crippen molar-refractivity contribution < 1.29 is 0 Å². The van der Waals surface area contributed by atoms with Crippen molar-refractivity contribution >= 4 is 0 Å². The molecule has 0 aliphatic carbocycles. The van der Waals surface area contributed by atoms with Crippen LogP contribution in [-0.2, 0) is 13.1 Å². The molecule has 0 amide bonds. The Bertz CT molecular complexity index is 357. The van der Waals surface area contributed by atoms with Crippen LogP contribution >= 0.6 is 0 Å². The van der Waals surface area contributed by atoms with Crippen molar-refractivity contribution in [3.63, 3.8) is 0 Å². The van der Waals surface area contributed by atoms with E-state index in [1.54, 1.807) is 0 Å². The SMILES string of the molecule is CCCn1ccc(CNCC(C)(C)C#N)c1. The van der Waals surface area contributed by atoms with Crippen molar-refractivity contribution in [3.8, 4) is 6.07 Å². The molecule has 0 aliphatic heterocycles. The molecule has 0 bridgehead atoms. The average molecular weight is 219 g/mol. The van der Waals surface area contributed by atoms with Crippen LogP contribution < -0.4 is 5.32 Å². The summed E-state index contributed by atoms with van der Waals surface area (Å²) < 4.78 is 2.20. The first kappa shape index (κ1) is 12.8. The van der Waals surface area contributed by atoms with Crippen molar-refractivity contribution in [3.05, 3.63) is 24.0 Å². The first-order valence-electron chi connectivity index (χ1n) is 5.84. The van der Waals surface area contributed by atoms with Crippen molar-refractivity contribution in [1.29, 1.82) is 5.26 Å². The zero-order valence-electron chi connectivity index (χ0n) is 10.5. The van der Waals surface area contributed by atoms with E-state index in [1.807, 2.05) is 13.8 Å². The molecule has 88 valence electrons. The number of aromatic nitrogens is 1. The quantitative estimate of drug-likeness (QED) is 0.798. The van der Waals surface area contributed by atoms with E-state index in [9.17, 15) is 0 Å². The topological polar surface area (TPSA) is 40.8 Å². The van der Waals surface area contributed by atoms with Crippen LogP contribution in [0.2, 0.25) is 0 Å². The van der Waals surface area contributed by atoms with Gasteiger partial charge in [-0.1, -0.05) is 6.92 Å². The van der Waals surface area contributed by atoms with Crippen molar-refractivity contribution in [2.24, 2.45) is 5.41 Å². The summed E-state index contributed by atoms with van der Waals surface area (Å²) in [6, 6.07) is 4.41. The largest absolute Gasteiger partial charge is 0.354 e. The van der Waals surface area contributed by atoms with Gasteiger partial charge in [-0.05, 0) is 31.9 Å². The Morgan fingerprint density at radius 1 is 1.50 bits per heavy atom. The van der Waals surface area contributed by atoms with Crippen LogP contribution in [0.15, 0.2) is 18.5 Å². The molecule has 0 spiro atoms. The number of hydrogen-bond donors (Lipinski definition) is 1. The van der Waals surface area contributed by atoms with E-state index in [2.05, 4.69) is 41.3 Å². The molecule has 0 saturated carbocycles. The van der Waals surface area contributed by atoms with Gasteiger partial charge < -0.3 is 9.88 Å². The highest BCUT2D eigenvalue weighted by atomic mass is 14.9. The van der Waals surface area contributed by atoms with E-state index in [1.165, 1.54) is 5.56 Å². The highest BCUT2D eigenvalue weighted by molar-refractivity contribution is 5.10. The van der Waals surface area contributed by atoms with Crippen LogP contribution in [0.5, 0.6) is 0 Å². The van der Waals surface area contributed by atoms with Crippen LogP contribution in [0.3, 0.4) is 0 Å². The van der Waals surface area contributed by atoms with Gasteiger partial charge in [-0.3, -0.25) is 0 Å². The minimum atomic E-state index is -0.286. The molecular weight excluding hydrogens is 198 g/mol. The third-order valence-corrected chi connectivity index (χ3v) is 2.49. The number of hydrogen-bond acceptors (Lipinski definition) is 2. The van der Waals surface area contributed by atoms with Gasteiger partial charge in [0.25, 0.3) is 0 Å². The fourth-order valence-electron chi connectivity index (χ4n) is 1.55. The van der Waals surface area contributed by atoms with Crippen LogP contribution in [0, 0.1) is 16.7 Å². The summed E-state index contributed by atoms with van der Waals surface area (Å²) in [4.78, 5) is 0. The normalized spacial score (nSPS) is 11.4. The number of nitrogens with zero attached hydrogens (tertiary/aromatic N) is 2. The lowest BCUT2D eigenvalue weighted by Crippen LogP contribution is -2.27. The molecule has 0 aromatic carbocycles. The van der Waals surface area contributed by atoms with Crippen LogP contribution in [0.25, 0.3) is 0 Å². The smallest absolute Gasteiger partial charge is 0.0697 e. The van der Waals surface area contributed by atoms with Crippen molar-refractivity contribution in [2.75, 3.05) is 6.54 Å². The molecule has 0 atom stereocenters. The summed E-state index contributed by atoms with van der Waals surface area (Å²) in [5.41, 5.74) is 0.994. The number of aryl methyl sites for hydroxylation is 1. The lowest BCUT2D eigenvalue weighted by Gasteiger charge is -2.15. The lowest BCUT2D eigenvalue weighted by molar-refractivity contribution is 0.445. The molecule has 1 aromatic heterocycles. The molecule has 1 heterocycles. The molecule has 0 saturated heterocycles. The molecule has 3 nitrogen and oxygen atoms in total. The minimum absolute atomic E-state index is 0.286. The first-order valence-corrected chi connectivity index (χ1v) is 5.84. The van der Waals surface area contributed by atoms with Gasteiger partial charge in [-0.2, -0.15) is 5.26 Å². The summed E-state index contributed by atoms with van der Waals surface area (Å²) in [5.74, 6) is 0. The molecule has 0 aliphatic rings. The Morgan fingerprint density at radius 2 is 2.25 bits per heavy atom. The molecule has 3 heteroatoms. The Labute approximate surface area is 98.1 Å². The van der Waals surface area contributed by atoms with Crippen LogP contribution in [0.4, 0.5) is 0 Å². The van der Waals surface area contributed by atoms with Crippen molar-refractivity contribution in [1.82, 2.24) is 9.88 Å².